The topological polar surface area (TPSA) is 102 Å². The Bertz CT molecular complexity index is 444. The Labute approximate surface area is 96.6 Å². The van der Waals surface area contributed by atoms with Gasteiger partial charge in [0.25, 0.3) is 0 Å². The summed E-state index contributed by atoms with van der Waals surface area (Å²) in [6.45, 7) is 0.798. The molecule has 0 saturated carbocycles. The highest BCUT2D eigenvalue weighted by Crippen LogP contribution is 2.11. The molecule has 1 amide bonds. The summed E-state index contributed by atoms with van der Waals surface area (Å²) in [4.78, 5) is 23.1. The van der Waals surface area contributed by atoms with Gasteiger partial charge in [0.2, 0.25) is 5.91 Å². The number of amides is 1. The maximum atomic E-state index is 11.7. The van der Waals surface area contributed by atoms with Crippen molar-refractivity contribution in [3.8, 4) is 0 Å². The minimum absolute atomic E-state index is 0.0411. The summed E-state index contributed by atoms with van der Waals surface area (Å²) >= 11 is 0. The number of nitro groups is 1. The van der Waals surface area contributed by atoms with Crippen molar-refractivity contribution in [1.82, 2.24) is 14.7 Å². The van der Waals surface area contributed by atoms with Crippen LogP contribution in [0, 0.1) is 10.1 Å². The van der Waals surface area contributed by atoms with E-state index >= 15 is 0 Å². The van der Waals surface area contributed by atoms with Crippen LogP contribution >= 0.6 is 0 Å². The standard InChI is InChI=1S/C9H12N4O4/c14-8-1-2-11(5-8)9(15)6-12-4-7(3-10-12)13(16)17/h3-4,8,14H,1-2,5-6H2/t8-/m1/s1. The first-order chi connectivity index (χ1) is 8.06. The molecule has 92 valence electrons. The van der Waals surface area contributed by atoms with Gasteiger partial charge in [0.1, 0.15) is 18.9 Å². The SMILES string of the molecule is O=C(Cn1cc([N+](=O)[O-])cn1)N1CC[C@@H](O)C1. The Morgan fingerprint density at radius 2 is 2.47 bits per heavy atom. The number of aliphatic hydroxyl groups is 1. The lowest BCUT2D eigenvalue weighted by Gasteiger charge is -2.14. The number of likely N-dealkylation sites (tertiary alicyclic amines) is 1. The van der Waals surface area contributed by atoms with E-state index in [0.717, 1.165) is 6.20 Å². The zero-order valence-electron chi connectivity index (χ0n) is 9.02. The molecule has 1 atom stereocenters. The van der Waals surface area contributed by atoms with Gasteiger partial charge in [0.15, 0.2) is 0 Å². The zero-order chi connectivity index (χ0) is 12.4. The number of aliphatic hydroxyl groups excluding tert-OH is 1. The van der Waals surface area contributed by atoms with E-state index in [0.29, 0.717) is 19.5 Å². The first-order valence-corrected chi connectivity index (χ1v) is 5.19. The summed E-state index contributed by atoms with van der Waals surface area (Å²) in [5.74, 6) is -0.195. The van der Waals surface area contributed by atoms with Crippen LogP contribution in [0.4, 0.5) is 5.69 Å². The molecular formula is C9H12N4O4. The molecule has 1 aromatic rings. The third kappa shape index (κ3) is 2.59. The third-order valence-corrected chi connectivity index (χ3v) is 2.64. The molecule has 0 aromatic carbocycles. The molecule has 8 nitrogen and oxygen atoms in total. The van der Waals surface area contributed by atoms with Crippen LogP contribution in [-0.4, -0.2) is 49.8 Å². The van der Waals surface area contributed by atoms with Gasteiger partial charge in [-0.05, 0) is 6.42 Å². The quantitative estimate of drug-likeness (QED) is 0.560. The van der Waals surface area contributed by atoms with Crippen LogP contribution in [0.1, 0.15) is 6.42 Å². The lowest BCUT2D eigenvalue weighted by Crippen LogP contribution is -2.32. The molecule has 1 fully saturated rings. The van der Waals surface area contributed by atoms with Crippen LogP contribution in [0.3, 0.4) is 0 Å². The first-order valence-electron chi connectivity index (χ1n) is 5.19. The van der Waals surface area contributed by atoms with Crippen LogP contribution in [0.25, 0.3) is 0 Å². The fourth-order valence-corrected chi connectivity index (χ4v) is 1.74. The molecule has 1 saturated heterocycles. The van der Waals surface area contributed by atoms with Crippen LogP contribution in [0.15, 0.2) is 12.4 Å². The fraction of sp³-hybridized carbons (Fsp3) is 0.556. The van der Waals surface area contributed by atoms with Crippen molar-refractivity contribution in [3.63, 3.8) is 0 Å². The zero-order valence-corrected chi connectivity index (χ0v) is 9.02. The van der Waals surface area contributed by atoms with Gasteiger partial charge in [-0.1, -0.05) is 0 Å². The van der Waals surface area contributed by atoms with Crippen molar-refractivity contribution in [1.29, 1.82) is 0 Å². The van der Waals surface area contributed by atoms with E-state index in [-0.39, 0.29) is 18.1 Å². The molecule has 1 aromatic heterocycles. The summed E-state index contributed by atoms with van der Waals surface area (Å²) in [7, 11) is 0. The van der Waals surface area contributed by atoms with Gasteiger partial charge < -0.3 is 10.0 Å². The predicted molar refractivity (Wildman–Crippen MR) is 56.1 cm³/mol. The first kappa shape index (κ1) is 11.5. The van der Waals surface area contributed by atoms with Crippen molar-refractivity contribution < 1.29 is 14.8 Å². The maximum absolute atomic E-state index is 11.7. The van der Waals surface area contributed by atoms with Gasteiger partial charge in [-0.3, -0.25) is 19.6 Å². The van der Waals surface area contributed by atoms with Gasteiger partial charge in [-0.25, -0.2) is 0 Å². The van der Waals surface area contributed by atoms with E-state index in [1.807, 2.05) is 0 Å². The monoisotopic (exact) mass is 240 g/mol. The van der Waals surface area contributed by atoms with Gasteiger partial charge in [0, 0.05) is 13.1 Å². The Morgan fingerprint density at radius 3 is 3.00 bits per heavy atom. The molecule has 0 unspecified atom stereocenters. The summed E-state index contributed by atoms with van der Waals surface area (Å²) in [6, 6.07) is 0. The summed E-state index contributed by atoms with van der Waals surface area (Å²) < 4.78 is 1.23. The number of rotatable bonds is 3. The predicted octanol–water partition coefficient (Wildman–Crippen LogP) is -0.616. The maximum Gasteiger partial charge on any atom is 0.307 e. The molecule has 0 bridgehead atoms. The van der Waals surface area contributed by atoms with E-state index in [1.54, 1.807) is 0 Å². The second kappa shape index (κ2) is 4.50. The highest BCUT2D eigenvalue weighted by atomic mass is 16.6. The molecule has 1 aliphatic rings. The minimum atomic E-state index is -0.562. The molecule has 8 heteroatoms. The Hall–Kier alpha value is -1.96. The highest BCUT2D eigenvalue weighted by Gasteiger charge is 2.24. The van der Waals surface area contributed by atoms with Gasteiger partial charge >= 0.3 is 5.69 Å². The average Bonchev–Trinajstić information content (AvgIpc) is 2.86. The lowest BCUT2D eigenvalue weighted by atomic mass is 10.3. The van der Waals surface area contributed by atoms with Gasteiger partial charge in [0.05, 0.1) is 11.0 Å². The second-order valence-corrected chi connectivity index (χ2v) is 3.94. The van der Waals surface area contributed by atoms with Crippen LogP contribution in [0.5, 0.6) is 0 Å². The smallest absolute Gasteiger partial charge is 0.307 e. The Morgan fingerprint density at radius 1 is 1.71 bits per heavy atom. The summed E-state index contributed by atoms with van der Waals surface area (Å²) in [5.41, 5.74) is -0.140. The molecule has 1 aliphatic heterocycles. The Balaban J connectivity index is 1.96. The normalized spacial score (nSPS) is 19.6. The van der Waals surface area contributed by atoms with Crippen LogP contribution in [0.2, 0.25) is 0 Å². The van der Waals surface area contributed by atoms with E-state index in [9.17, 15) is 20.0 Å². The molecule has 2 rings (SSSR count). The van der Waals surface area contributed by atoms with E-state index in [2.05, 4.69) is 5.10 Å². The van der Waals surface area contributed by atoms with Crippen LogP contribution in [-0.2, 0) is 11.3 Å². The van der Waals surface area contributed by atoms with E-state index in [4.69, 9.17) is 0 Å². The number of hydrogen-bond acceptors (Lipinski definition) is 5. The lowest BCUT2D eigenvalue weighted by molar-refractivity contribution is -0.385. The minimum Gasteiger partial charge on any atom is -0.391 e. The number of hydrogen-bond donors (Lipinski definition) is 1. The molecule has 0 spiro atoms. The van der Waals surface area contributed by atoms with E-state index < -0.39 is 11.0 Å². The number of aromatic nitrogens is 2. The highest BCUT2D eigenvalue weighted by molar-refractivity contribution is 5.76. The average molecular weight is 240 g/mol. The number of carbonyl (C=O) groups excluding carboxylic acids is 1. The van der Waals surface area contributed by atoms with Crippen molar-refractivity contribution >= 4 is 11.6 Å². The Kier molecular flexibility index (Phi) is 3.05. The summed E-state index contributed by atoms with van der Waals surface area (Å²) in [6.07, 6.45) is 2.42. The fourth-order valence-electron chi connectivity index (χ4n) is 1.74. The van der Waals surface area contributed by atoms with Crippen molar-refractivity contribution in [2.24, 2.45) is 0 Å². The molecular weight excluding hydrogens is 228 g/mol. The molecule has 17 heavy (non-hydrogen) atoms. The summed E-state index contributed by atoms with van der Waals surface area (Å²) in [5, 5.41) is 23.4. The third-order valence-electron chi connectivity index (χ3n) is 2.64. The second-order valence-electron chi connectivity index (χ2n) is 3.94. The van der Waals surface area contributed by atoms with Crippen molar-refractivity contribution in [2.75, 3.05) is 13.1 Å². The van der Waals surface area contributed by atoms with Crippen LogP contribution < -0.4 is 0 Å². The van der Waals surface area contributed by atoms with Gasteiger partial charge in [-0.2, -0.15) is 5.10 Å². The molecule has 0 radical (unpaired) electrons. The molecule has 0 aliphatic carbocycles. The number of β-amino-alcohol motifs (C(OH)–C–C–N with tert-alkyl or cyclic N) is 1. The molecule has 2 heterocycles. The van der Waals surface area contributed by atoms with Crippen molar-refractivity contribution in [2.45, 2.75) is 19.1 Å². The largest absolute Gasteiger partial charge is 0.391 e. The van der Waals surface area contributed by atoms with Gasteiger partial charge in [-0.15, -0.1) is 0 Å². The number of nitrogens with zero attached hydrogens (tertiary/aromatic N) is 4. The van der Waals surface area contributed by atoms with E-state index in [1.165, 1.54) is 15.8 Å². The molecule has 1 N–H and O–H groups in total. The number of carbonyl (C=O) groups is 1. The van der Waals surface area contributed by atoms with Crippen molar-refractivity contribution in [3.05, 3.63) is 22.5 Å².